The van der Waals surface area contributed by atoms with Crippen LogP contribution in [0.2, 0.25) is 0 Å². The zero-order chi connectivity index (χ0) is 27.1. The predicted molar refractivity (Wildman–Crippen MR) is 154 cm³/mol. The molecule has 0 aliphatic heterocycles. The third-order valence-electron chi connectivity index (χ3n) is 13.4. The average Bonchev–Trinajstić information content (AvgIpc) is 3.40. The molecule has 1 aromatic carbocycles. The lowest BCUT2D eigenvalue weighted by atomic mass is 9.45. The Labute approximate surface area is 232 Å². The van der Waals surface area contributed by atoms with Gasteiger partial charge in [0.15, 0.2) is 9.84 Å². The second kappa shape index (κ2) is 9.20. The lowest BCUT2D eigenvalue weighted by Gasteiger charge is -2.61. The predicted octanol–water partition coefficient (Wildman–Crippen LogP) is 8.11. The van der Waals surface area contributed by atoms with Gasteiger partial charge in [-0.3, -0.25) is 0 Å². The summed E-state index contributed by atoms with van der Waals surface area (Å²) < 4.78 is 34.5. The minimum atomic E-state index is -3.42. The van der Waals surface area contributed by atoms with Crippen molar-refractivity contribution in [1.29, 1.82) is 0 Å². The summed E-state index contributed by atoms with van der Waals surface area (Å²) >= 11 is 0. The van der Waals surface area contributed by atoms with Gasteiger partial charge in [0.25, 0.3) is 0 Å². The summed E-state index contributed by atoms with van der Waals surface area (Å²) in [7, 11) is -1.45. The molecule has 0 bridgehead atoms. The molecule has 6 rings (SSSR count). The van der Waals surface area contributed by atoms with Crippen LogP contribution in [0.1, 0.15) is 92.4 Å². The second-order valence-electron chi connectivity index (χ2n) is 14.7. The summed E-state index contributed by atoms with van der Waals surface area (Å²) in [4.78, 5) is 0.482. The molecule has 38 heavy (non-hydrogen) atoms. The first kappa shape index (κ1) is 27.1. The summed E-state index contributed by atoms with van der Waals surface area (Å²) in [5.74, 6) is 3.73. The highest BCUT2D eigenvalue weighted by Gasteiger charge is 2.77. The first-order valence-electron chi connectivity index (χ1n) is 15.5. The number of allylic oxidation sites excluding steroid dienone is 2. The number of rotatable bonds is 7. The van der Waals surface area contributed by atoms with Crippen LogP contribution in [0, 0.1) is 51.8 Å². The molecule has 1 spiro atoms. The van der Waals surface area contributed by atoms with E-state index in [4.69, 9.17) is 4.74 Å². The monoisotopic (exact) mass is 538 g/mol. The van der Waals surface area contributed by atoms with Gasteiger partial charge < -0.3 is 4.74 Å². The quantitative estimate of drug-likeness (QED) is 0.329. The number of fused-ring (bicyclic) bond motifs is 4. The zero-order valence-corrected chi connectivity index (χ0v) is 25.4. The van der Waals surface area contributed by atoms with Crippen molar-refractivity contribution in [2.45, 2.75) is 109 Å². The minimum Gasteiger partial charge on any atom is -0.381 e. The van der Waals surface area contributed by atoms with E-state index in [1.807, 2.05) is 25.3 Å². The molecule has 11 atom stereocenters. The lowest BCUT2D eigenvalue weighted by molar-refractivity contribution is -0.161. The van der Waals surface area contributed by atoms with Gasteiger partial charge in [-0.2, -0.15) is 0 Å². The largest absolute Gasteiger partial charge is 0.381 e. The topological polar surface area (TPSA) is 43.4 Å². The van der Waals surface area contributed by atoms with Crippen molar-refractivity contribution in [2.24, 2.45) is 51.8 Å². The summed E-state index contributed by atoms with van der Waals surface area (Å²) in [5, 5.41) is -0.376. The maximum absolute atomic E-state index is 14.1. The fourth-order valence-electron chi connectivity index (χ4n) is 11.5. The van der Waals surface area contributed by atoms with E-state index >= 15 is 0 Å². The van der Waals surface area contributed by atoms with Gasteiger partial charge in [-0.15, -0.1) is 0 Å². The standard InChI is InChI=1S/C34H50O3S/c1-22(2)12-15-30(38(35,36)25-10-8-7-9-11-25)23(3)27-13-14-28-26-20-31(37-6)34-21-24(34)16-19-33(34,5)29(26)17-18-32(27,28)4/h7-12,23-24,26-31H,13-21H2,1-6H3/t23-,24+,26-,27+,28-,29-,30+,31+,32+,33+,34-/m0/s1. The highest BCUT2D eigenvalue weighted by molar-refractivity contribution is 7.92. The fourth-order valence-corrected chi connectivity index (χ4v) is 13.5. The van der Waals surface area contributed by atoms with Gasteiger partial charge in [-0.25, -0.2) is 8.42 Å². The Kier molecular flexibility index (Phi) is 6.55. The Hall–Kier alpha value is -1.13. The van der Waals surface area contributed by atoms with Crippen molar-refractivity contribution >= 4 is 9.84 Å². The highest BCUT2D eigenvalue weighted by atomic mass is 32.2. The van der Waals surface area contributed by atoms with Crippen LogP contribution in [0.15, 0.2) is 46.9 Å². The molecule has 0 amide bonds. The molecule has 5 aliphatic rings. The molecule has 5 aliphatic carbocycles. The van der Waals surface area contributed by atoms with E-state index in [0.29, 0.717) is 40.1 Å². The summed E-state index contributed by atoms with van der Waals surface area (Å²) in [6.07, 6.45) is 13.6. The Morgan fingerprint density at radius 2 is 1.79 bits per heavy atom. The van der Waals surface area contributed by atoms with Crippen LogP contribution in [-0.4, -0.2) is 26.9 Å². The Morgan fingerprint density at radius 3 is 2.45 bits per heavy atom. The molecule has 0 radical (unpaired) electrons. The smallest absolute Gasteiger partial charge is 0.181 e. The van der Waals surface area contributed by atoms with Crippen molar-refractivity contribution in [3.05, 3.63) is 42.0 Å². The van der Waals surface area contributed by atoms with Gasteiger partial charge in [0, 0.05) is 12.5 Å². The SMILES string of the molecule is CO[C@@H]1C[C@H]2[C@@H]3CC[C@H]([C@H](C)[C@@H](CC=C(C)C)S(=O)(=O)c4ccccc4)[C@@]3(C)CC[C@@H]2[C@@]2(C)CC[C@@H]3C[C@]312. The molecular formula is C34H50O3S. The molecule has 0 heterocycles. The summed E-state index contributed by atoms with van der Waals surface area (Å²) in [6.45, 7) is 11.6. The van der Waals surface area contributed by atoms with Crippen molar-refractivity contribution in [3.8, 4) is 0 Å². The Morgan fingerprint density at radius 1 is 1.05 bits per heavy atom. The van der Waals surface area contributed by atoms with E-state index in [-0.39, 0.29) is 16.6 Å². The number of methoxy groups -OCH3 is 1. The third-order valence-corrected chi connectivity index (χ3v) is 15.7. The fraction of sp³-hybridized carbons (Fsp3) is 0.765. The second-order valence-corrected chi connectivity index (χ2v) is 16.9. The van der Waals surface area contributed by atoms with Gasteiger partial charge in [-0.05, 0) is 130 Å². The number of sulfone groups is 1. The Bertz CT molecular complexity index is 1190. The van der Waals surface area contributed by atoms with Crippen molar-refractivity contribution in [1.82, 2.24) is 0 Å². The molecule has 4 heteroatoms. The molecular weight excluding hydrogens is 488 g/mol. The molecule has 3 nitrogen and oxygen atoms in total. The molecule has 210 valence electrons. The maximum Gasteiger partial charge on any atom is 0.181 e. The zero-order valence-electron chi connectivity index (χ0n) is 24.6. The molecule has 0 N–H and O–H groups in total. The van der Waals surface area contributed by atoms with E-state index in [9.17, 15) is 8.42 Å². The van der Waals surface area contributed by atoms with Crippen LogP contribution in [-0.2, 0) is 14.6 Å². The normalized spacial score (nSPS) is 44.8. The molecule has 0 aromatic heterocycles. The number of ether oxygens (including phenoxy) is 1. The van der Waals surface area contributed by atoms with Crippen LogP contribution < -0.4 is 0 Å². The highest BCUT2D eigenvalue weighted by Crippen LogP contribution is 2.82. The van der Waals surface area contributed by atoms with Crippen molar-refractivity contribution in [2.75, 3.05) is 7.11 Å². The van der Waals surface area contributed by atoms with Gasteiger partial charge in [-0.1, -0.05) is 50.6 Å². The van der Waals surface area contributed by atoms with Gasteiger partial charge in [0.2, 0.25) is 0 Å². The molecule has 5 fully saturated rings. The van der Waals surface area contributed by atoms with E-state index < -0.39 is 9.84 Å². The number of hydrogen-bond acceptors (Lipinski definition) is 3. The first-order chi connectivity index (χ1) is 18.0. The summed E-state index contributed by atoms with van der Waals surface area (Å²) in [5.41, 5.74) is 2.32. The Balaban J connectivity index is 1.31. The first-order valence-corrected chi connectivity index (χ1v) is 17.0. The van der Waals surface area contributed by atoms with Crippen LogP contribution in [0.25, 0.3) is 0 Å². The maximum atomic E-state index is 14.1. The molecule has 0 saturated heterocycles. The minimum absolute atomic E-state index is 0.130. The number of benzene rings is 1. The van der Waals surface area contributed by atoms with E-state index in [0.717, 1.165) is 17.8 Å². The molecule has 1 aromatic rings. The van der Waals surface area contributed by atoms with E-state index in [1.165, 1.54) is 56.9 Å². The van der Waals surface area contributed by atoms with Crippen LogP contribution >= 0.6 is 0 Å². The number of hydrogen-bond donors (Lipinski definition) is 0. The average molecular weight is 539 g/mol. The molecule has 0 unspecified atom stereocenters. The van der Waals surface area contributed by atoms with Crippen LogP contribution in [0.5, 0.6) is 0 Å². The van der Waals surface area contributed by atoms with Crippen LogP contribution in [0.4, 0.5) is 0 Å². The summed E-state index contributed by atoms with van der Waals surface area (Å²) in [6, 6.07) is 9.21. The van der Waals surface area contributed by atoms with E-state index in [2.05, 4.69) is 40.7 Å². The van der Waals surface area contributed by atoms with Gasteiger partial charge >= 0.3 is 0 Å². The molecule has 5 saturated carbocycles. The van der Waals surface area contributed by atoms with Gasteiger partial charge in [0.05, 0.1) is 16.2 Å². The van der Waals surface area contributed by atoms with Gasteiger partial charge in [0.1, 0.15) is 0 Å². The van der Waals surface area contributed by atoms with Crippen molar-refractivity contribution in [3.63, 3.8) is 0 Å². The van der Waals surface area contributed by atoms with Crippen molar-refractivity contribution < 1.29 is 13.2 Å². The van der Waals surface area contributed by atoms with Crippen LogP contribution in [0.3, 0.4) is 0 Å². The lowest BCUT2D eigenvalue weighted by Crippen LogP contribution is -2.57. The van der Waals surface area contributed by atoms with E-state index in [1.54, 1.807) is 12.1 Å². The third kappa shape index (κ3) is 3.64.